The highest BCUT2D eigenvalue weighted by Crippen LogP contribution is 2.42. The van der Waals surface area contributed by atoms with Crippen LogP contribution in [0, 0.1) is 11.3 Å². The summed E-state index contributed by atoms with van der Waals surface area (Å²) >= 11 is 0. The molecule has 0 aromatic carbocycles. The SMILES string of the molecule is C[C@H](NP(=O)([O-])OC[C@H]1O[C@@](C#N)(c2ccc3c(N)ncnn23)[C@H](O)[C@@H]1O)C(=O)[O-]. The van der Waals surface area contributed by atoms with E-state index in [1.54, 1.807) is 11.2 Å². The average Bonchev–Trinajstić information content (AvgIpc) is 3.22. The number of hydrogen-bond donors (Lipinski definition) is 4. The molecule has 162 valence electrons. The van der Waals surface area contributed by atoms with E-state index in [4.69, 9.17) is 10.5 Å². The zero-order valence-electron chi connectivity index (χ0n) is 15.4. The van der Waals surface area contributed by atoms with Crippen LogP contribution >= 0.6 is 7.75 Å². The summed E-state index contributed by atoms with van der Waals surface area (Å²) in [4.78, 5) is 26.3. The molecule has 0 amide bonds. The Balaban J connectivity index is 1.84. The maximum atomic E-state index is 11.9. The number of carboxylic acid groups (broad SMARTS) is 1. The number of fused-ring (bicyclic) bond motifs is 1. The summed E-state index contributed by atoms with van der Waals surface area (Å²) in [7, 11) is -4.88. The summed E-state index contributed by atoms with van der Waals surface area (Å²) < 4.78 is 23.3. The third-order valence-corrected chi connectivity index (χ3v) is 5.79. The van der Waals surface area contributed by atoms with Gasteiger partial charge in [-0.15, -0.1) is 0 Å². The second kappa shape index (κ2) is 7.89. The Morgan fingerprint density at radius 1 is 1.60 bits per heavy atom. The van der Waals surface area contributed by atoms with Gasteiger partial charge in [-0.05, 0) is 19.1 Å². The third-order valence-electron chi connectivity index (χ3n) is 4.60. The van der Waals surface area contributed by atoms with E-state index in [0.29, 0.717) is 5.52 Å². The minimum absolute atomic E-state index is 0.0251. The quantitative estimate of drug-likeness (QED) is 0.305. The first-order valence-electron chi connectivity index (χ1n) is 8.50. The number of aliphatic carboxylic acids is 1. The maximum absolute atomic E-state index is 11.9. The molecule has 1 saturated heterocycles. The maximum Gasteiger partial charge on any atom is 0.225 e. The first-order valence-corrected chi connectivity index (χ1v) is 10.0. The second-order valence-corrected chi connectivity index (χ2v) is 8.07. The van der Waals surface area contributed by atoms with E-state index in [1.807, 2.05) is 0 Å². The van der Waals surface area contributed by atoms with Gasteiger partial charge in [0.15, 0.2) is 5.82 Å². The number of hydrogen-bond acceptors (Lipinski definition) is 12. The molecule has 3 heterocycles. The number of ether oxygens (including phenoxy) is 1. The molecule has 15 heteroatoms. The van der Waals surface area contributed by atoms with Crippen molar-refractivity contribution in [2.75, 3.05) is 12.3 Å². The second-order valence-electron chi connectivity index (χ2n) is 6.56. The summed E-state index contributed by atoms with van der Waals surface area (Å²) in [6.45, 7) is 0.218. The molecule has 0 aliphatic carbocycles. The molecule has 0 spiro atoms. The number of carbonyl (C=O) groups excluding carboxylic acids is 1. The fraction of sp³-hybridized carbons (Fsp3) is 0.467. The fourth-order valence-corrected chi connectivity index (χ4v) is 4.05. The van der Waals surface area contributed by atoms with Crippen LogP contribution < -0.4 is 20.8 Å². The highest BCUT2D eigenvalue weighted by molar-refractivity contribution is 7.49. The molecule has 1 fully saturated rings. The molecule has 0 radical (unpaired) electrons. The van der Waals surface area contributed by atoms with Crippen LogP contribution in [0.2, 0.25) is 0 Å². The highest BCUT2D eigenvalue weighted by atomic mass is 31.2. The van der Waals surface area contributed by atoms with Gasteiger partial charge in [0, 0.05) is 0 Å². The van der Waals surface area contributed by atoms with Crippen LogP contribution in [0.15, 0.2) is 18.5 Å². The fourth-order valence-electron chi connectivity index (χ4n) is 3.05. The molecule has 2 aromatic heterocycles. The molecule has 0 bridgehead atoms. The van der Waals surface area contributed by atoms with Gasteiger partial charge in [0.25, 0.3) is 0 Å². The van der Waals surface area contributed by atoms with E-state index < -0.39 is 50.3 Å². The molecule has 0 saturated carbocycles. The van der Waals surface area contributed by atoms with E-state index in [9.17, 15) is 34.8 Å². The van der Waals surface area contributed by atoms with Gasteiger partial charge >= 0.3 is 0 Å². The Kier molecular flexibility index (Phi) is 5.81. The summed E-state index contributed by atoms with van der Waals surface area (Å²) in [5.41, 5.74) is 3.97. The van der Waals surface area contributed by atoms with Gasteiger partial charge in [-0.1, -0.05) is 0 Å². The lowest BCUT2D eigenvalue weighted by Gasteiger charge is -2.29. The Morgan fingerprint density at radius 2 is 2.30 bits per heavy atom. The lowest BCUT2D eigenvalue weighted by molar-refractivity contribution is -0.308. The van der Waals surface area contributed by atoms with Gasteiger partial charge < -0.3 is 40.0 Å². The molecule has 5 N–H and O–H groups in total. The molecule has 1 unspecified atom stereocenters. The number of carboxylic acids is 1. The number of aliphatic hydroxyl groups is 2. The normalized spacial score (nSPS) is 29.4. The largest absolute Gasteiger partial charge is 0.766 e. The zero-order chi connectivity index (χ0) is 22.3. The number of rotatable bonds is 7. The first kappa shape index (κ1) is 22.1. The standard InChI is InChI=1S/C15H19N6O8P/c1-7(14(24)25)20-30(26,27)28-4-9-11(22)12(23)15(5-16,29-9)10-3-2-8-13(17)18-6-19-21(8)10/h2-3,6-7,9,11-12,22-23H,4H2,1H3,(H,24,25)(H2,17,18,19)(H2,20,26,27)/p-2/t7-,9+,11+,12+,15-/m0/s1. The van der Waals surface area contributed by atoms with Crippen molar-refractivity contribution in [3.05, 3.63) is 24.2 Å². The Hall–Kier alpha value is -2.63. The predicted molar refractivity (Wildman–Crippen MR) is 92.7 cm³/mol. The Labute approximate surface area is 169 Å². The third kappa shape index (κ3) is 3.75. The van der Waals surface area contributed by atoms with Crippen molar-refractivity contribution in [2.24, 2.45) is 0 Å². The van der Waals surface area contributed by atoms with E-state index in [2.05, 4.69) is 14.6 Å². The van der Waals surface area contributed by atoms with Crippen molar-refractivity contribution in [1.82, 2.24) is 19.7 Å². The molecule has 3 rings (SSSR count). The number of anilines is 1. The molecule has 14 nitrogen and oxygen atoms in total. The summed E-state index contributed by atoms with van der Waals surface area (Å²) in [6.07, 6.45) is -3.85. The number of aliphatic hydroxyl groups excluding tert-OH is 2. The van der Waals surface area contributed by atoms with Crippen molar-refractivity contribution in [3.63, 3.8) is 0 Å². The van der Waals surface area contributed by atoms with E-state index in [1.165, 1.54) is 16.6 Å². The van der Waals surface area contributed by atoms with E-state index in [0.717, 1.165) is 13.3 Å². The Bertz CT molecular complexity index is 1060. The van der Waals surface area contributed by atoms with Crippen LogP contribution in [0.3, 0.4) is 0 Å². The highest BCUT2D eigenvalue weighted by Gasteiger charge is 2.57. The number of carbonyl (C=O) groups is 1. The van der Waals surface area contributed by atoms with Crippen LogP contribution in [0.1, 0.15) is 12.6 Å². The molecule has 30 heavy (non-hydrogen) atoms. The minimum atomic E-state index is -4.88. The predicted octanol–water partition coefficient (Wildman–Crippen LogP) is -3.64. The van der Waals surface area contributed by atoms with Crippen molar-refractivity contribution in [3.8, 4) is 6.07 Å². The van der Waals surface area contributed by atoms with Crippen LogP contribution in [-0.2, 0) is 24.2 Å². The number of aromatic nitrogens is 3. The van der Waals surface area contributed by atoms with Crippen LogP contribution in [0.4, 0.5) is 5.82 Å². The van der Waals surface area contributed by atoms with E-state index in [-0.39, 0.29) is 11.5 Å². The van der Waals surface area contributed by atoms with Gasteiger partial charge in [-0.25, -0.2) is 14.6 Å². The van der Waals surface area contributed by atoms with Crippen LogP contribution in [0.25, 0.3) is 5.52 Å². The van der Waals surface area contributed by atoms with Gasteiger partial charge in [0.2, 0.25) is 13.3 Å². The molecular formula is C15H17N6O8P-2. The van der Waals surface area contributed by atoms with Gasteiger partial charge in [-0.2, -0.15) is 10.4 Å². The summed E-state index contributed by atoms with van der Waals surface area (Å²) in [5.74, 6) is -1.58. The lowest BCUT2D eigenvalue weighted by atomic mass is 9.92. The molecule has 6 atom stereocenters. The molecular weight excluding hydrogens is 423 g/mol. The van der Waals surface area contributed by atoms with E-state index >= 15 is 0 Å². The Morgan fingerprint density at radius 3 is 2.93 bits per heavy atom. The van der Waals surface area contributed by atoms with Crippen molar-refractivity contribution in [2.45, 2.75) is 36.9 Å². The number of nitrogens with one attached hydrogen (secondary N) is 1. The van der Waals surface area contributed by atoms with Crippen LogP contribution in [0.5, 0.6) is 0 Å². The lowest BCUT2D eigenvalue weighted by Crippen LogP contribution is -2.44. The summed E-state index contributed by atoms with van der Waals surface area (Å²) in [6, 6.07) is 3.09. The van der Waals surface area contributed by atoms with Gasteiger partial charge in [-0.3, -0.25) is 4.57 Å². The minimum Gasteiger partial charge on any atom is -0.766 e. The first-order chi connectivity index (χ1) is 14.0. The molecule has 1 aliphatic rings. The number of nitriles is 1. The molecule has 1 aliphatic heterocycles. The molecule has 2 aromatic rings. The van der Waals surface area contributed by atoms with Crippen molar-refractivity contribution >= 4 is 25.1 Å². The number of nitrogens with two attached hydrogens (primary N) is 1. The average molecular weight is 440 g/mol. The number of nitrogens with zero attached hydrogens (tertiary/aromatic N) is 4. The van der Waals surface area contributed by atoms with Crippen molar-refractivity contribution in [1.29, 1.82) is 5.26 Å². The zero-order valence-corrected chi connectivity index (χ0v) is 16.3. The van der Waals surface area contributed by atoms with Crippen LogP contribution in [-0.4, -0.2) is 61.7 Å². The van der Waals surface area contributed by atoms with Gasteiger partial charge in [0.05, 0.1) is 24.3 Å². The van der Waals surface area contributed by atoms with Gasteiger partial charge in [0.1, 0.15) is 36.2 Å². The smallest absolute Gasteiger partial charge is 0.225 e. The monoisotopic (exact) mass is 440 g/mol. The topological polar surface area (TPSA) is 231 Å². The van der Waals surface area contributed by atoms with Crippen molar-refractivity contribution < 1.29 is 38.8 Å². The summed E-state index contributed by atoms with van der Waals surface area (Å²) in [5, 5.41) is 47.0. The number of nitrogen functional groups attached to an aromatic ring is 1.